The maximum Gasteiger partial charge on any atom is 0.232 e. The number of para-hydroxylation sites is 2. The molecule has 7 nitrogen and oxygen atoms in total. The molecule has 0 fully saturated rings. The van der Waals surface area contributed by atoms with Crippen molar-refractivity contribution in [2.24, 2.45) is 0 Å². The molecular formula is C19H24N2O5S. The molecule has 146 valence electrons. The Labute approximate surface area is 160 Å². The molecule has 2 aromatic carbocycles. The monoisotopic (exact) mass is 392 g/mol. The van der Waals surface area contributed by atoms with Gasteiger partial charge >= 0.3 is 0 Å². The average Bonchev–Trinajstić information content (AvgIpc) is 2.61. The SMILES string of the molecule is COc1ccccc1NC(=O)CCN(c1cc(C)ccc1OC)S(C)(=O)=O. The Bertz CT molecular complexity index is 912. The van der Waals surface area contributed by atoms with Gasteiger partial charge in [-0.1, -0.05) is 18.2 Å². The van der Waals surface area contributed by atoms with Gasteiger partial charge in [-0.05, 0) is 36.8 Å². The van der Waals surface area contributed by atoms with Crippen LogP contribution in [0.25, 0.3) is 0 Å². The van der Waals surface area contributed by atoms with Crippen LogP contribution in [0.5, 0.6) is 11.5 Å². The second-order valence-electron chi connectivity index (χ2n) is 6.01. The van der Waals surface area contributed by atoms with Crippen LogP contribution in [-0.4, -0.2) is 41.3 Å². The van der Waals surface area contributed by atoms with Crippen LogP contribution in [0, 0.1) is 6.92 Å². The molecule has 0 radical (unpaired) electrons. The van der Waals surface area contributed by atoms with Crippen molar-refractivity contribution in [3.63, 3.8) is 0 Å². The first kappa shape index (κ1) is 20.6. The molecule has 0 aliphatic rings. The van der Waals surface area contributed by atoms with Gasteiger partial charge in [0, 0.05) is 13.0 Å². The lowest BCUT2D eigenvalue weighted by Crippen LogP contribution is -2.33. The fourth-order valence-corrected chi connectivity index (χ4v) is 3.55. The van der Waals surface area contributed by atoms with Gasteiger partial charge < -0.3 is 14.8 Å². The molecule has 0 aromatic heterocycles. The highest BCUT2D eigenvalue weighted by Gasteiger charge is 2.22. The van der Waals surface area contributed by atoms with Crippen molar-refractivity contribution >= 4 is 27.3 Å². The van der Waals surface area contributed by atoms with Gasteiger partial charge in [0.1, 0.15) is 11.5 Å². The minimum Gasteiger partial charge on any atom is -0.495 e. The van der Waals surface area contributed by atoms with E-state index in [9.17, 15) is 13.2 Å². The van der Waals surface area contributed by atoms with Crippen LogP contribution in [0.1, 0.15) is 12.0 Å². The quantitative estimate of drug-likeness (QED) is 0.747. The number of amides is 1. The number of carbonyl (C=O) groups is 1. The molecule has 27 heavy (non-hydrogen) atoms. The Morgan fingerprint density at radius 2 is 1.74 bits per heavy atom. The number of hydrogen-bond donors (Lipinski definition) is 1. The van der Waals surface area contributed by atoms with Crippen LogP contribution in [0.4, 0.5) is 11.4 Å². The number of ether oxygens (including phenoxy) is 2. The molecule has 0 bridgehead atoms. The summed E-state index contributed by atoms with van der Waals surface area (Å²) in [4.78, 5) is 12.3. The molecular weight excluding hydrogens is 368 g/mol. The van der Waals surface area contributed by atoms with Crippen molar-refractivity contribution in [1.29, 1.82) is 0 Å². The van der Waals surface area contributed by atoms with Crippen LogP contribution in [0.15, 0.2) is 42.5 Å². The highest BCUT2D eigenvalue weighted by atomic mass is 32.2. The molecule has 1 amide bonds. The van der Waals surface area contributed by atoms with Gasteiger partial charge in [-0.25, -0.2) is 8.42 Å². The first-order valence-electron chi connectivity index (χ1n) is 8.31. The number of carbonyl (C=O) groups excluding carboxylic acids is 1. The van der Waals surface area contributed by atoms with E-state index < -0.39 is 10.0 Å². The van der Waals surface area contributed by atoms with E-state index in [1.807, 2.05) is 13.0 Å². The minimum absolute atomic E-state index is 0.0143. The third-order valence-electron chi connectivity index (χ3n) is 3.93. The van der Waals surface area contributed by atoms with Crippen molar-refractivity contribution in [3.8, 4) is 11.5 Å². The van der Waals surface area contributed by atoms with Gasteiger partial charge in [-0.15, -0.1) is 0 Å². The lowest BCUT2D eigenvalue weighted by atomic mass is 10.2. The van der Waals surface area contributed by atoms with E-state index in [4.69, 9.17) is 9.47 Å². The van der Waals surface area contributed by atoms with Gasteiger partial charge in [-0.2, -0.15) is 0 Å². The Kier molecular flexibility index (Phi) is 6.68. The highest BCUT2D eigenvalue weighted by molar-refractivity contribution is 7.92. The molecule has 0 saturated heterocycles. The Hall–Kier alpha value is -2.74. The smallest absolute Gasteiger partial charge is 0.232 e. The second-order valence-corrected chi connectivity index (χ2v) is 7.92. The zero-order valence-electron chi connectivity index (χ0n) is 15.9. The Balaban J connectivity index is 2.19. The van der Waals surface area contributed by atoms with E-state index in [2.05, 4.69) is 5.32 Å². The third-order valence-corrected chi connectivity index (χ3v) is 5.11. The fourth-order valence-electron chi connectivity index (χ4n) is 2.62. The fraction of sp³-hybridized carbons (Fsp3) is 0.316. The molecule has 0 atom stereocenters. The van der Waals surface area contributed by atoms with Crippen molar-refractivity contribution in [2.45, 2.75) is 13.3 Å². The number of methoxy groups -OCH3 is 2. The molecule has 0 heterocycles. The summed E-state index contributed by atoms with van der Waals surface area (Å²) in [5.41, 5.74) is 1.83. The van der Waals surface area contributed by atoms with Crippen molar-refractivity contribution in [1.82, 2.24) is 0 Å². The van der Waals surface area contributed by atoms with Crippen LogP contribution in [-0.2, 0) is 14.8 Å². The van der Waals surface area contributed by atoms with Crippen LogP contribution < -0.4 is 19.1 Å². The van der Waals surface area contributed by atoms with E-state index >= 15 is 0 Å². The zero-order chi connectivity index (χ0) is 20.0. The average molecular weight is 392 g/mol. The van der Waals surface area contributed by atoms with Crippen molar-refractivity contribution in [2.75, 3.05) is 36.6 Å². The minimum atomic E-state index is -3.60. The molecule has 0 spiro atoms. The number of nitrogens with one attached hydrogen (secondary N) is 1. The number of nitrogens with zero attached hydrogens (tertiary/aromatic N) is 1. The second kappa shape index (κ2) is 8.77. The summed E-state index contributed by atoms with van der Waals surface area (Å²) in [6.45, 7) is 1.84. The number of benzene rings is 2. The molecule has 2 rings (SSSR count). The van der Waals surface area contributed by atoms with E-state index in [1.165, 1.54) is 18.5 Å². The zero-order valence-corrected chi connectivity index (χ0v) is 16.7. The number of sulfonamides is 1. The Morgan fingerprint density at radius 3 is 2.37 bits per heavy atom. The van der Waals surface area contributed by atoms with E-state index in [0.717, 1.165) is 11.8 Å². The topological polar surface area (TPSA) is 84.9 Å². The van der Waals surface area contributed by atoms with Gasteiger partial charge in [0.25, 0.3) is 0 Å². The predicted molar refractivity (Wildman–Crippen MR) is 106 cm³/mol. The normalized spacial score (nSPS) is 11.0. The highest BCUT2D eigenvalue weighted by Crippen LogP contribution is 2.31. The molecule has 0 unspecified atom stereocenters. The van der Waals surface area contributed by atoms with Crippen LogP contribution in [0.3, 0.4) is 0 Å². The lowest BCUT2D eigenvalue weighted by Gasteiger charge is -2.24. The summed E-state index contributed by atoms with van der Waals surface area (Å²) >= 11 is 0. The van der Waals surface area contributed by atoms with Gasteiger partial charge in [0.05, 0.1) is 31.9 Å². The summed E-state index contributed by atoms with van der Waals surface area (Å²) < 4.78 is 36.3. The number of rotatable bonds is 8. The standard InChI is InChI=1S/C19H24N2O5S/c1-14-9-10-18(26-3)16(13-14)21(27(4,23)24)12-11-19(22)20-15-7-5-6-8-17(15)25-2/h5-10,13H,11-12H2,1-4H3,(H,20,22). The summed E-state index contributed by atoms with van der Waals surface area (Å²) in [6.07, 6.45) is 1.08. The van der Waals surface area contributed by atoms with E-state index in [1.54, 1.807) is 36.4 Å². The van der Waals surface area contributed by atoms with Crippen LogP contribution in [0.2, 0.25) is 0 Å². The first-order chi connectivity index (χ1) is 12.8. The summed E-state index contributed by atoms with van der Waals surface area (Å²) in [6, 6.07) is 12.3. The first-order valence-corrected chi connectivity index (χ1v) is 10.2. The van der Waals surface area contributed by atoms with Gasteiger partial charge in [-0.3, -0.25) is 9.10 Å². The number of hydrogen-bond acceptors (Lipinski definition) is 5. The lowest BCUT2D eigenvalue weighted by molar-refractivity contribution is -0.116. The van der Waals surface area contributed by atoms with Gasteiger partial charge in [0.15, 0.2) is 0 Å². The summed E-state index contributed by atoms with van der Waals surface area (Å²) in [7, 11) is -0.611. The maximum absolute atomic E-state index is 12.3. The van der Waals surface area contributed by atoms with Gasteiger partial charge in [0.2, 0.25) is 15.9 Å². The largest absolute Gasteiger partial charge is 0.495 e. The van der Waals surface area contributed by atoms with Crippen molar-refractivity contribution < 1.29 is 22.7 Å². The van der Waals surface area contributed by atoms with E-state index in [0.29, 0.717) is 22.9 Å². The molecule has 0 aliphatic carbocycles. The van der Waals surface area contributed by atoms with E-state index in [-0.39, 0.29) is 18.9 Å². The number of aryl methyl sites for hydroxylation is 1. The Morgan fingerprint density at radius 1 is 1.07 bits per heavy atom. The molecule has 0 saturated carbocycles. The summed E-state index contributed by atoms with van der Waals surface area (Å²) in [5, 5.41) is 2.74. The molecule has 1 N–H and O–H groups in total. The summed E-state index contributed by atoms with van der Waals surface area (Å²) in [5.74, 6) is 0.641. The van der Waals surface area contributed by atoms with Crippen LogP contribution >= 0.6 is 0 Å². The maximum atomic E-state index is 12.3. The number of anilines is 2. The predicted octanol–water partition coefficient (Wildman–Crippen LogP) is 2.81. The van der Waals surface area contributed by atoms with Crippen molar-refractivity contribution in [3.05, 3.63) is 48.0 Å². The molecule has 8 heteroatoms. The third kappa shape index (κ3) is 5.37. The molecule has 0 aliphatic heterocycles. The molecule has 2 aromatic rings.